The molecule has 0 atom stereocenters. The van der Waals surface area contributed by atoms with Crippen LogP contribution in [0.25, 0.3) is 10.2 Å². The second kappa shape index (κ2) is 6.39. The molecule has 4 nitrogen and oxygen atoms in total. The number of thiophene rings is 1. The zero-order valence-electron chi connectivity index (χ0n) is 13.0. The maximum absolute atomic E-state index is 4.71. The highest BCUT2D eigenvalue weighted by atomic mass is 32.1. The Labute approximate surface area is 125 Å². The van der Waals surface area contributed by atoms with Gasteiger partial charge in [-0.25, -0.2) is 4.98 Å². The lowest BCUT2D eigenvalue weighted by molar-refractivity contribution is 0.550. The summed E-state index contributed by atoms with van der Waals surface area (Å²) in [6.07, 6.45) is 0. The summed E-state index contributed by atoms with van der Waals surface area (Å²) >= 11 is 1.67. The Morgan fingerprint density at radius 3 is 2.35 bits per heavy atom. The van der Waals surface area contributed by atoms with Crippen molar-refractivity contribution >= 4 is 33.3 Å². The van der Waals surface area contributed by atoms with Crippen LogP contribution < -0.4 is 10.2 Å². The molecule has 0 aromatic carbocycles. The highest BCUT2D eigenvalue weighted by molar-refractivity contribution is 7.16. The van der Waals surface area contributed by atoms with E-state index < -0.39 is 0 Å². The third-order valence-corrected chi connectivity index (χ3v) is 3.81. The Hall–Kier alpha value is -1.36. The molecular formula is C15H24N4S. The van der Waals surface area contributed by atoms with Crippen molar-refractivity contribution in [1.82, 2.24) is 9.97 Å². The summed E-state index contributed by atoms with van der Waals surface area (Å²) in [6.45, 7) is 11.0. The van der Waals surface area contributed by atoms with Crippen molar-refractivity contribution in [1.29, 1.82) is 0 Å². The minimum absolute atomic E-state index is 0.607. The Morgan fingerprint density at radius 2 is 1.80 bits per heavy atom. The fraction of sp³-hybridized carbons (Fsp3) is 0.600. The van der Waals surface area contributed by atoms with Gasteiger partial charge in [-0.1, -0.05) is 27.7 Å². The van der Waals surface area contributed by atoms with E-state index in [2.05, 4.69) is 54.3 Å². The van der Waals surface area contributed by atoms with Gasteiger partial charge >= 0.3 is 0 Å². The standard InChI is InChI=1S/C15H24N4S/c1-10(2)8-19(9-11(3)4)13-12-6-7-20-14(12)18-15(16-5)17-13/h6-7,10-11H,8-9H2,1-5H3,(H,16,17,18). The fourth-order valence-electron chi connectivity index (χ4n) is 2.32. The third kappa shape index (κ3) is 3.39. The molecule has 0 saturated carbocycles. The van der Waals surface area contributed by atoms with Crippen LogP contribution in [0.5, 0.6) is 0 Å². The smallest absolute Gasteiger partial charge is 0.225 e. The molecule has 20 heavy (non-hydrogen) atoms. The van der Waals surface area contributed by atoms with E-state index in [9.17, 15) is 0 Å². The van der Waals surface area contributed by atoms with Gasteiger partial charge < -0.3 is 10.2 Å². The van der Waals surface area contributed by atoms with Crippen LogP contribution in [-0.4, -0.2) is 30.1 Å². The average Bonchev–Trinajstić information content (AvgIpc) is 2.83. The highest BCUT2D eigenvalue weighted by Gasteiger charge is 2.17. The molecule has 5 heteroatoms. The lowest BCUT2D eigenvalue weighted by Crippen LogP contribution is -2.32. The second-order valence-corrected chi connectivity index (χ2v) is 6.85. The molecule has 2 rings (SSSR count). The summed E-state index contributed by atoms with van der Waals surface area (Å²) in [6, 6.07) is 2.13. The first kappa shape index (κ1) is 15.0. The lowest BCUT2D eigenvalue weighted by Gasteiger charge is -2.28. The van der Waals surface area contributed by atoms with Crippen LogP contribution in [0.4, 0.5) is 11.8 Å². The SMILES string of the molecule is CNc1nc(N(CC(C)C)CC(C)C)c2ccsc2n1. The van der Waals surface area contributed by atoms with Crippen LogP contribution >= 0.6 is 11.3 Å². The second-order valence-electron chi connectivity index (χ2n) is 5.95. The number of hydrogen-bond acceptors (Lipinski definition) is 5. The van der Waals surface area contributed by atoms with Crippen molar-refractivity contribution in [2.45, 2.75) is 27.7 Å². The Kier molecular flexibility index (Phi) is 4.81. The summed E-state index contributed by atoms with van der Waals surface area (Å²) in [5.41, 5.74) is 0. The normalized spacial score (nSPS) is 11.6. The third-order valence-electron chi connectivity index (χ3n) is 3.00. The molecule has 0 fully saturated rings. The number of nitrogens with zero attached hydrogens (tertiary/aromatic N) is 3. The van der Waals surface area contributed by atoms with Gasteiger partial charge in [0.25, 0.3) is 0 Å². The number of aromatic nitrogens is 2. The first-order valence-electron chi connectivity index (χ1n) is 7.19. The summed E-state index contributed by atoms with van der Waals surface area (Å²) in [5, 5.41) is 6.32. The topological polar surface area (TPSA) is 41.1 Å². The maximum Gasteiger partial charge on any atom is 0.225 e. The van der Waals surface area contributed by atoms with Crippen LogP contribution in [0, 0.1) is 11.8 Å². The molecule has 2 heterocycles. The van der Waals surface area contributed by atoms with Gasteiger partial charge in [-0.05, 0) is 23.3 Å². The predicted molar refractivity (Wildman–Crippen MR) is 88.9 cm³/mol. The molecule has 0 bridgehead atoms. The van der Waals surface area contributed by atoms with Gasteiger partial charge in [0.1, 0.15) is 10.6 Å². The van der Waals surface area contributed by atoms with E-state index in [1.807, 2.05) is 7.05 Å². The number of rotatable bonds is 6. The Morgan fingerprint density at radius 1 is 1.15 bits per heavy atom. The number of anilines is 2. The molecule has 0 radical (unpaired) electrons. The van der Waals surface area contributed by atoms with Gasteiger partial charge in [-0.3, -0.25) is 0 Å². The maximum atomic E-state index is 4.71. The average molecular weight is 292 g/mol. The molecule has 1 N–H and O–H groups in total. The molecule has 0 unspecified atom stereocenters. The number of fused-ring (bicyclic) bond motifs is 1. The van der Waals surface area contributed by atoms with Crippen molar-refractivity contribution in [3.63, 3.8) is 0 Å². The fourth-order valence-corrected chi connectivity index (χ4v) is 3.08. The number of nitrogens with one attached hydrogen (secondary N) is 1. The molecule has 0 aliphatic heterocycles. The largest absolute Gasteiger partial charge is 0.357 e. The minimum Gasteiger partial charge on any atom is -0.357 e. The molecule has 0 saturated heterocycles. The Balaban J connectivity index is 2.47. The van der Waals surface area contributed by atoms with Gasteiger partial charge in [0.2, 0.25) is 5.95 Å². The predicted octanol–water partition coefficient (Wildman–Crippen LogP) is 3.85. The molecule has 0 aliphatic carbocycles. The van der Waals surface area contributed by atoms with E-state index >= 15 is 0 Å². The van der Waals surface area contributed by atoms with Gasteiger partial charge in [0, 0.05) is 20.1 Å². The minimum atomic E-state index is 0.607. The van der Waals surface area contributed by atoms with Gasteiger partial charge in [0.05, 0.1) is 5.39 Å². The zero-order valence-corrected chi connectivity index (χ0v) is 13.8. The summed E-state index contributed by atoms with van der Waals surface area (Å²) in [4.78, 5) is 12.7. The van der Waals surface area contributed by atoms with Crippen molar-refractivity contribution in [2.75, 3.05) is 30.4 Å². The van der Waals surface area contributed by atoms with Crippen LogP contribution in [0.3, 0.4) is 0 Å². The van der Waals surface area contributed by atoms with Crippen molar-refractivity contribution in [2.24, 2.45) is 11.8 Å². The van der Waals surface area contributed by atoms with E-state index in [0.29, 0.717) is 17.8 Å². The highest BCUT2D eigenvalue weighted by Crippen LogP contribution is 2.30. The zero-order chi connectivity index (χ0) is 14.7. The van der Waals surface area contributed by atoms with Crippen molar-refractivity contribution < 1.29 is 0 Å². The van der Waals surface area contributed by atoms with Crippen LogP contribution in [0.15, 0.2) is 11.4 Å². The Bertz CT molecular complexity index is 552. The first-order valence-corrected chi connectivity index (χ1v) is 8.07. The van der Waals surface area contributed by atoms with E-state index in [-0.39, 0.29) is 0 Å². The monoisotopic (exact) mass is 292 g/mol. The van der Waals surface area contributed by atoms with E-state index in [1.165, 1.54) is 0 Å². The van der Waals surface area contributed by atoms with Gasteiger partial charge in [-0.2, -0.15) is 4.98 Å². The van der Waals surface area contributed by atoms with Crippen molar-refractivity contribution in [3.8, 4) is 0 Å². The van der Waals surface area contributed by atoms with Crippen LogP contribution in [0.2, 0.25) is 0 Å². The molecule has 2 aromatic heterocycles. The van der Waals surface area contributed by atoms with E-state index in [0.717, 1.165) is 29.1 Å². The summed E-state index contributed by atoms with van der Waals surface area (Å²) in [7, 11) is 1.87. The first-order chi connectivity index (χ1) is 9.51. The van der Waals surface area contributed by atoms with E-state index in [1.54, 1.807) is 11.3 Å². The molecule has 0 aliphatic rings. The quantitative estimate of drug-likeness (QED) is 0.878. The molecule has 2 aromatic rings. The molecule has 0 spiro atoms. The molecule has 0 amide bonds. The summed E-state index contributed by atoms with van der Waals surface area (Å²) < 4.78 is 0. The number of hydrogen-bond donors (Lipinski definition) is 1. The lowest BCUT2D eigenvalue weighted by atomic mass is 10.1. The van der Waals surface area contributed by atoms with Gasteiger partial charge in [0.15, 0.2) is 0 Å². The summed E-state index contributed by atoms with van der Waals surface area (Å²) in [5.74, 6) is 2.97. The molecule has 110 valence electrons. The van der Waals surface area contributed by atoms with Gasteiger partial charge in [-0.15, -0.1) is 11.3 Å². The molecular weight excluding hydrogens is 268 g/mol. The van der Waals surface area contributed by atoms with E-state index in [4.69, 9.17) is 4.98 Å². The van der Waals surface area contributed by atoms with Crippen LogP contribution in [-0.2, 0) is 0 Å². The van der Waals surface area contributed by atoms with Crippen molar-refractivity contribution in [3.05, 3.63) is 11.4 Å². The van der Waals surface area contributed by atoms with Crippen LogP contribution in [0.1, 0.15) is 27.7 Å².